The Hall–Kier alpha value is -0.250. The molecule has 94 valence electrons. The maximum Gasteiger partial charge on any atom is 0.221 e. The predicted octanol–water partition coefficient (Wildman–Crippen LogP) is -1.23. The lowest BCUT2D eigenvalue weighted by molar-refractivity contribution is 0.559. The fourth-order valence-electron chi connectivity index (χ4n) is 1.38. The average molecular weight is 286 g/mol. The zero-order valence-corrected chi connectivity index (χ0v) is 11.2. The first-order valence-electron chi connectivity index (χ1n) is 4.65. The smallest absolute Gasteiger partial charge is 0.221 e. The number of hydrogen-bond donors (Lipinski definition) is 2. The second-order valence-corrected chi connectivity index (χ2v) is 8.54. The minimum absolute atomic E-state index is 0.0155. The molecular weight excluding hydrogens is 272 g/mol. The van der Waals surface area contributed by atoms with Gasteiger partial charge in [0.15, 0.2) is 9.84 Å². The molecule has 0 saturated carbocycles. The molecule has 0 aliphatic carbocycles. The Kier molecular flexibility index (Phi) is 3.93. The van der Waals surface area contributed by atoms with Crippen LogP contribution in [-0.2, 0) is 19.9 Å². The molecule has 1 saturated heterocycles. The van der Waals surface area contributed by atoms with Crippen LogP contribution in [0.2, 0.25) is 0 Å². The lowest BCUT2D eigenvalue weighted by atomic mass is 10.3. The first-order valence-corrected chi connectivity index (χ1v) is 8.42. The maximum atomic E-state index is 11.7. The van der Waals surface area contributed by atoms with Crippen molar-refractivity contribution >= 4 is 37.1 Å². The Balaban J connectivity index is 2.72. The van der Waals surface area contributed by atoms with Crippen molar-refractivity contribution in [3.05, 3.63) is 0 Å². The van der Waals surface area contributed by atoms with Gasteiger partial charge >= 0.3 is 0 Å². The summed E-state index contributed by atoms with van der Waals surface area (Å²) in [6, 6.07) is -0.563. The van der Waals surface area contributed by atoms with Gasteiger partial charge in [-0.15, -0.1) is 0 Å². The van der Waals surface area contributed by atoms with Crippen molar-refractivity contribution in [3.8, 4) is 0 Å². The average Bonchev–Trinajstić information content (AvgIpc) is 2.43. The quantitative estimate of drug-likeness (QED) is 0.627. The Morgan fingerprint density at radius 1 is 1.56 bits per heavy atom. The molecule has 1 rings (SSSR count). The molecule has 0 radical (unpaired) electrons. The van der Waals surface area contributed by atoms with Crippen LogP contribution >= 0.6 is 12.2 Å². The largest absolute Gasteiger partial charge is 0.392 e. The summed E-state index contributed by atoms with van der Waals surface area (Å²) in [4.78, 5) is -0.131. The van der Waals surface area contributed by atoms with E-state index in [2.05, 4.69) is 16.9 Å². The van der Waals surface area contributed by atoms with Gasteiger partial charge in [-0.3, -0.25) is 0 Å². The lowest BCUT2D eigenvalue weighted by Gasteiger charge is -2.15. The van der Waals surface area contributed by atoms with E-state index in [0.29, 0.717) is 6.42 Å². The van der Waals surface area contributed by atoms with Crippen molar-refractivity contribution < 1.29 is 16.8 Å². The molecule has 1 fully saturated rings. The third kappa shape index (κ3) is 3.37. The number of sulfone groups is 1. The van der Waals surface area contributed by atoms with E-state index in [1.807, 2.05) is 0 Å². The highest BCUT2D eigenvalue weighted by Crippen LogP contribution is 2.13. The third-order valence-corrected chi connectivity index (χ3v) is 6.55. The molecule has 1 heterocycles. The maximum absolute atomic E-state index is 11.7. The van der Waals surface area contributed by atoms with Crippen LogP contribution in [0.25, 0.3) is 0 Å². The van der Waals surface area contributed by atoms with E-state index in [4.69, 9.17) is 5.73 Å². The van der Waals surface area contributed by atoms with E-state index >= 15 is 0 Å². The van der Waals surface area contributed by atoms with Crippen LogP contribution in [0, 0.1) is 0 Å². The van der Waals surface area contributed by atoms with Crippen molar-refractivity contribution in [3.63, 3.8) is 0 Å². The summed E-state index contributed by atoms with van der Waals surface area (Å²) in [5, 5.41) is -0.995. The normalized spacial score (nSPS) is 26.4. The highest BCUT2D eigenvalue weighted by Gasteiger charge is 2.33. The van der Waals surface area contributed by atoms with Crippen LogP contribution in [0.5, 0.6) is 0 Å². The first kappa shape index (κ1) is 13.8. The monoisotopic (exact) mass is 286 g/mol. The van der Waals surface area contributed by atoms with Gasteiger partial charge < -0.3 is 5.73 Å². The predicted molar refractivity (Wildman–Crippen MR) is 65.4 cm³/mol. The Morgan fingerprint density at radius 3 is 2.50 bits per heavy atom. The van der Waals surface area contributed by atoms with Gasteiger partial charge in [-0.2, -0.15) is 0 Å². The first-order chi connectivity index (χ1) is 7.14. The fourth-order valence-corrected chi connectivity index (χ4v) is 4.71. The molecule has 0 aromatic rings. The van der Waals surface area contributed by atoms with Crippen molar-refractivity contribution in [1.29, 1.82) is 0 Å². The third-order valence-electron chi connectivity index (χ3n) is 2.43. The molecule has 0 spiro atoms. The van der Waals surface area contributed by atoms with Crippen molar-refractivity contribution in [1.82, 2.24) is 4.72 Å². The Labute approximate surface area is 101 Å². The highest BCUT2D eigenvalue weighted by molar-refractivity contribution is 7.93. The second-order valence-electron chi connectivity index (χ2n) is 3.81. The van der Waals surface area contributed by atoms with E-state index in [9.17, 15) is 16.8 Å². The second kappa shape index (κ2) is 4.55. The fraction of sp³-hybridized carbons (Fsp3) is 0.857. The van der Waals surface area contributed by atoms with E-state index in [-0.39, 0.29) is 16.5 Å². The van der Waals surface area contributed by atoms with Gasteiger partial charge in [0, 0.05) is 6.04 Å². The van der Waals surface area contributed by atoms with Gasteiger partial charge in [-0.25, -0.2) is 21.6 Å². The van der Waals surface area contributed by atoms with Crippen LogP contribution in [0.4, 0.5) is 0 Å². The molecule has 0 aromatic carbocycles. The number of nitrogens with one attached hydrogen (secondary N) is 1. The van der Waals surface area contributed by atoms with Crippen LogP contribution in [0.1, 0.15) is 13.3 Å². The minimum Gasteiger partial charge on any atom is -0.392 e. The molecular formula is C7H14N2O4S3. The molecule has 1 aliphatic rings. The van der Waals surface area contributed by atoms with Gasteiger partial charge in [0.2, 0.25) is 10.0 Å². The van der Waals surface area contributed by atoms with Gasteiger partial charge in [-0.05, 0) is 13.3 Å². The molecule has 16 heavy (non-hydrogen) atoms. The van der Waals surface area contributed by atoms with Crippen LogP contribution in [0.15, 0.2) is 0 Å². The van der Waals surface area contributed by atoms with Crippen LogP contribution < -0.4 is 10.5 Å². The molecule has 0 amide bonds. The molecule has 1 aliphatic heterocycles. The molecule has 2 unspecified atom stereocenters. The zero-order valence-electron chi connectivity index (χ0n) is 8.71. The number of sulfonamides is 1. The van der Waals surface area contributed by atoms with E-state index in [1.54, 1.807) is 0 Å². The molecule has 9 heteroatoms. The van der Waals surface area contributed by atoms with Crippen LogP contribution in [-0.4, -0.2) is 44.6 Å². The number of rotatable bonds is 4. The van der Waals surface area contributed by atoms with Gasteiger partial charge in [0.1, 0.15) is 5.25 Å². The molecule has 0 bridgehead atoms. The van der Waals surface area contributed by atoms with E-state index in [0.717, 1.165) is 0 Å². The lowest BCUT2D eigenvalue weighted by Crippen LogP contribution is -2.44. The van der Waals surface area contributed by atoms with Crippen molar-refractivity contribution in [2.24, 2.45) is 5.73 Å². The minimum atomic E-state index is -3.67. The standard InChI is InChI=1S/C7H14N2O4S3/c1-5(7(8)14)16(12,13)9-6-2-3-15(10,11)4-6/h5-6,9H,2-4H2,1H3,(H2,8,14). The van der Waals surface area contributed by atoms with E-state index in [1.165, 1.54) is 6.92 Å². The summed E-state index contributed by atoms with van der Waals surface area (Å²) >= 11 is 4.59. The van der Waals surface area contributed by atoms with Crippen molar-refractivity contribution in [2.75, 3.05) is 11.5 Å². The number of thiocarbonyl (C=S) groups is 1. The summed E-state index contributed by atoms with van der Waals surface area (Å²) < 4.78 is 47.9. The Bertz CT molecular complexity index is 482. The van der Waals surface area contributed by atoms with Crippen molar-refractivity contribution in [2.45, 2.75) is 24.6 Å². The van der Waals surface area contributed by atoms with Crippen LogP contribution in [0.3, 0.4) is 0 Å². The molecule has 2 atom stereocenters. The summed E-state index contributed by atoms with van der Waals surface area (Å²) in [5.41, 5.74) is 5.24. The Morgan fingerprint density at radius 2 is 2.12 bits per heavy atom. The SMILES string of the molecule is CC(C(N)=S)S(=O)(=O)NC1CCS(=O)(=O)C1. The van der Waals surface area contributed by atoms with Gasteiger partial charge in [-0.1, -0.05) is 12.2 Å². The van der Waals surface area contributed by atoms with E-state index < -0.39 is 31.2 Å². The molecule has 6 nitrogen and oxygen atoms in total. The number of hydrogen-bond acceptors (Lipinski definition) is 5. The highest BCUT2D eigenvalue weighted by atomic mass is 32.2. The molecule has 3 N–H and O–H groups in total. The summed E-state index contributed by atoms with van der Waals surface area (Å²) in [5.74, 6) is -0.141. The topological polar surface area (TPSA) is 106 Å². The zero-order chi connectivity index (χ0) is 12.6. The summed E-state index contributed by atoms with van der Waals surface area (Å²) in [7, 11) is -6.78. The summed E-state index contributed by atoms with van der Waals surface area (Å²) in [6.07, 6.45) is 0.297. The number of nitrogens with two attached hydrogens (primary N) is 1. The van der Waals surface area contributed by atoms with Gasteiger partial charge in [0.05, 0.1) is 16.5 Å². The van der Waals surface area contributed by atoms with Gasteiger partial charge in [0.25, 0.3) is 0 Å². The summed E-state index contributed by atoms with van der Waals surface area (Å²) in [6.45, 7) is 1.37. The molecule has 0 aromatic heterocycles.